The number of rotatable bonds is 3. The van der Waals surface area contributed by atoms with Gasteiger partial charge in [-0.3, -0.25) is 0 Å². The molecule has 0 aliphatic carbocycles. The van der Waals surface area contributed by atoms with Gasteiger partial charge >= 0.3 is 12.1 Å². The molecule has 0 fully saturated rings. The van der Waals surface area contributed by atoms with Gasteiger partial charge < -0.3 is 4.74 Å². The molecule has 0 radical (unpaired) electrons. The fraction of sp³-hybridized carbons (Fsp3) is 0.571. The largest absolute Gasteiger partial charge is 0.399 e. The minimum absolute atomic E-state index is 0.0295. The standard InChI is InChI=1S/C7H10F2O2/c1-4-7(8,9)11-6(10)5(2)3/h2,4H2,1,3H3. The fourth-order valence-corrected chi connectivity index (χ4v) is 0.295. The van der Waals surface area contributed by atoms with Gasteiger partial charge in [0.05, 0.1) is 0 Å². The maximum Gasteiger partial charge on any atom is 0.399 e. The Hall–Kier alpha value is -0.930. The third-order valence-electron chi connectivity index (χ3n) is 1.00. The molecule has 0 saturated heterocycles. The average Bonchev–Trinajstić information content (AvgIpc) is 1.87. The van der Waals surface area contributed by atoms with Gasteiger partial charge in [-0.1, -0.05) is 13.5 Å². The molecule has 0 spiro atoms. The normalized spacial score (nSPS) is 10.9. The number of halogens is 2. The van der Waals surface area contributed by atoms with Gasteiger partial charge in [0.25, 0.3) is 0 Å². The zero-order valence-corrected chi connectivity index (χ0v) is 6.49. The molecule has 0 heterocycles. The van der Waals surface area contributed by atoms with E-state index in [0.717, 1.165) is 0 Å². The van der Waals surface area contributed by atoms with E-state index in [4.69, 9.17) is 0 Å². The molecule has 0 aliphatic rings. The third kappa shape index (κ3) is 3.70. The summed E-state index contributed by atoms with van der Waals surface area (Å²) in [6, 6.07) is 0. The van der Waals surface area contributed by atoms with E-state index in [0.29, 0.717) is 0 Å². The lowest BCUT2D eigenvalue weighted by Gasteiger charge is -2.13. The van der Waals surface area contributed by atoms with Crippen molar-refractivity contribution in [3.05, 3.63) is 12.2 Å². The molecule has 0 unspecified atom stereocenters. The van der Waals surface area contributed by atoms with Gasteiger partial charge in [0.2, 0.25) is 0 Å². The topological polar surface area (TPSA) is 26.3 Å². The van der Waals surface area contributed by atoms with Crippen LogP contribution in [0.25, 0.3) is 0 Å². The molecule has 64 valence electrons. The van der Waals surface area contributed by atoms with Gasteiger partial charge in [-0.25, -0.2) is 4.79 Å². The Morgan fingerprint density at radius 2 is 2.09 bits per heavy atom. The van der Waals surface area contributed by atoms with Crippen molar-refractivity contribution in [2.75, 3.05) is 0 Å². The number of carbonyl (C=O) groups excluding carboxylic acids is 1. The average molecular weight is 164 g/mol. The van der Waals surface area contributed by atoms with Crippen LogP contribution < -0.4 is 0 Å². The van der Waals surface area contributed by atoms with Gasteiger partial charge in [-0.15, -0.1) is 0 Å². The molecule has 0 aromatic carbocycles. The maximum absolute atomic E-state index is 12.3. The highest BCUT2D eigenvalue weighted by Gasteiger charge is 2.31. The summed E-state index contributed by atoms with van der Waals surface area (Å²) in [7, 11) is 0. The fourth-order valence-electron chi connectivity index (χ4n) is 0.295. The van der Waals surface area contributed by atoms with Crippen molar-refractivity contribution < 1.29 is 18.3 Å². The van der Waals surface area contributed by atoms with Crippen molar-refractivity contribution >= 4 is 5.97 Å². The molecule has 0 saturated carbocycles. The van der Waals surface area contributed by atoms with E-state index >= 15 is 0 Å². The van der Waals surface area contributed by atoms with Crippen molar-refractivity contribution in [1.82, 2.24) is 0 Å². The molecule has 0 N–H and O–H groups in total. The Morgan fingerprint density at radius 3 is 2.36 bits per heavy atom. The van der Waals surface area contributed by atoms with Gasteiger partial charge in [0.15, 0.2) is 0 Å². The molecule has 0 aliphatic heterocycles. The highest BCUT2D eigenvalue weighted by molar-refractivity contribution is 5.87. The summed E-state index contributed by atoms with van der Waals surface area (Å²) in [5.41, 5.74) is -0.0295. The highest BCUT2D eigenvalue weighted by atomic mass is 19.3. The molecule has 0 rings (SSSR count). The van der Waals surface area contributed by atoms with E-state index in [1.54, 1.807) is 0 Å². The predicted octanol–water partition coefficient (Wildman–Crippen LogP) is 2.11. The van der Waals surface area contributed by atoms with Crippen molar-refractivity contribution in [1.29, 1.82) is 0 Å². The minimum atomic E-state index is -3.37. The van der Waals surface area contributed by atoms with Gasteiger partial charge in [0, 0.05) is 12.0 Å². The smallest absolute Gasteiger partial charge is 0.397 e. The summed E-state index contributed by atoms with van der Waals surface area (Å²) in [5.74, 6) is -1.06. The lowest BCUT2D eigenvalue weighted by atomic mass is 10.3. The van der Waals surface area contributed by atoms with Crippen LogP contribution in [0.1, 0.15) is 20.3 Å². The molecule has 0 atom stereocenters. The molecule has 0 aromatic heterocycles. The van der Waals surface area contributed by atoms with Crippen LogP contribution in [0.3, 0.4) is 0 Å². The van der Waals surface area contributed by atoms with E-state index in [9.17, 15) is 13.6 Å². The van der Waals surface area contributed by atoms with Gasteiger partial charge in [-0.05, 0) is 6.92 Å². The minimum Gasteiger partial charge on any atom is -0.397 e. The summed E-state index contributed by atoms with van der Waals surface area (Å²) >= 11 is 0. The lowest BCUT2D eigenvalue weighted by molar-refractivity contribution is -0.229. The van der Waals surface area contributed by atoms with E-state index in [1.807, 2.05) is 0 Å². The number of hydrogen-bond acceptors (Lipinski definition) is 2. The Balaban J connectivity index is 4.04. The van der Waals surface area contributed by atoms with Crippen molar-refractivity contribution in [2.45, 2.75) is 26.4 Å². The SMILES string of the molecule is C=C(C)C(=O)OC(F)(F)CC. The third-order valence-corrected chi connectivity index (χ3v) is 1.00. The van der Waals surface area contributed by atoms with E-state index in [-0.39, 0.29) is 5.57 Å². The summed E-state index contributed by atoms with van der Waals surface area (Å²) in [4.78, 5) is 10.5. The molecule has 0 aromatic rings. The van der Waals surface area contributed by atoms with Crippen LogP contribution in [0.5, 0.6) is 0 Å². The van der Waals surface area contributed by atoms with Gasteiger partial charge in [0.1, 0.15) is 0 Å². The molecule has 11 heavy (non-hydrogen) atoms. The number of hydrogen-bond donors (Lipinski definition) is 0. The van der Waals surface area contributed by atoms with E-state index < -0.39 is 18.5 Å². The summed E-state index contributed by atoms with van der Waals surface area (Å²) in [5, 5.41) is 0. The summed E-state index contributed by atoms with van der Waals surface area (Å²) < 4.78 is 28.3. The molecular weight excluding hydrogens is 154 g/mol. The predicted molar refractivity (Wildman–Crippen MR) is 36.1 cm³/mol. The molecule has 0 amide bonds. The first-order valence-electron chi connectivity index (χ1n) is 3.15. The first-order chi connectivity index (χ1) is 4.89. The molecule has 0 bridgehead atoms. The number of alkyl halides is 2. The highest BCUT2D eigenvalue weighted by Crippen LogP contribution is 2.20. The van der Waals surface area contributed by atoms with Crippen LogP contribution in [0.15, 0.2) is 12.2 Å². The molecule has 4 heteroatoms. The quantitative estimate of drug-likeness (QED) is 0.471. The van der Waals surface area contributed by atoms with Crippen molar-refractivity contribution in [2.24, 2.45) is 0 Å². The second kappa shape index (κ2) is 3.46. The first-order valence-corrected chi connectivity index (χ1v) is 3.15. The number of carbonyl (C=O) groups is 1. The van der Waals surface area contributed by atoms with E-state index in [2.05, 4.69) is 11.3 Å². The van der Waals surface area contributed by atoms with Crippen LogP contribution in [0.2, 0.25) is 0 Å². The number of esters is 1. The van der Waals surface area contributed by atoms with Crippen molar-refractivity contribution in [3.63, 3.8) is 0 Å². The first kappa shape index (κ1) is 10.1. The van der Waals surface area contributed by atoms with Crippen LogP contribution >= 0.6 is 0 Å². The monoisotopic (exact) mass is 164 g/mol. The van der Waals surface area contributed by atoms with Crippen LogP contribution in [0, 0.1) is 0 Å². The van der Waals surface area contributed by atoms with Crippen LogP contribution in [0.4, 0.5) is 8.78 Å². The Labute approximate surface area is 63.8 Å². The zero-order chi connectivity index (χ0) is 9.07. The van der Waals surface area contributed by atoms with Crippen molar-refractivity contribution in [3.8, 4) is 0 Å². The second-order valence-corrected chi connectivity index (χ2v) is 2.16. The lowest BCUT2D eigenvalue weighted by Crippen LogP contribution is -2.24. The molecular formula is C7H10F2O2. The van der Waals surface area contributed by atoms with Gasteiger partial charge in [-0.2, -0.15) is 8.78 Å². The van der Waals surface area contributed by atoms with E-state index in [1.165, 1.54) is 13.8 Å². The second-order valence-electron chi connectivity index (χ2n) is 2.16. The summed E-state index contributed by atoms with van der Waals surface area (Å²) in [6.07, 6.45) is -3.89. The Morgan fingerprint density at radius 1 is 1.64 bits per heavy atom. The maximum atomic E-state index is 12.3. The molecule has 2 nitrogen and oxygen atoms in total. The van der Waals surface area contributed by atoms with Crippen LogP contribution in [-0.4, -0.2) is 12.1 Å². The summed E-state index contributed by atoms with van der Waals surface area (Å²) in [6.45, 7) is 5.71. The zero-order valence-electron chi connectivity index (χ0n) is 6.49. The Kier molecular flexibility index (Phi) is 3.17. The Bertz CT molecular complexity index is 175. The number of ether oxygens (including phenoxy) is 1. The van der Waals surface area contributed by atoms with Crippen LogP contribution in [-0.2, 0) is 9.53 Å².